The number of benzene rings is 2. The van der Waals surface area contributed by atoms with Crippen LogP contribution >= 0.6 is 11.6 Å². The molecule has 42 heavy (non-hydrogen) atoms. The van der Waals surface area contributed by atoms with Gasteiger partial charge < -0.3 is 0 Å². The normalized spacial score (nSPS) is 18.7. The van der Waals surface area contributed by atoms with Crippen molar-refractivity contribution in [2.24, 2.45) is 11.3 Å². The summed E-state index contributed by atoms with van der Waals surface area (Å²) in [4.78, 5) is -0.199. The topological polar surface area (TPSA) is 0 Å². The number of allylic oxidation sites excluding steroid dienone is 6. The molecule has 0 nitrogen and oxygen atoms in total. The monoisotopic (exact) mass is 590 g/mol. The van der Waals surface area contributed by atoms with E-state index in [2.05, 4.69) is 121 Å². The van der Waals surface area contributed by atoms with Crippen LogP contribution in [0.5, 0.6) is 0 Å². The van der Waals surface area contributed by atoms with E-state index in [9.17, 15) is 0 Å². The van der Waals surface area contributed by atoms with Gasteiger partial charge in [0.15, 0.2) is 0 Å². The second-order valence-electron chi connectivity index (χ2n) is 11.2. The third kappa shape index (κ3) is 11.1. The van der Waals surface area contributed by atoms with Crippen molar-refractivity contribution in [3.63, 3.8) is 0 Å². The highest BCUT2D eigenvalue weighted by Crippen LogP contribution is 2.46. The average Bonchev–Trinajstić information content (AvgIpc) is 3.00. The lowest BCUT2D eigenvalue weighted by Gasteiger charge is -2.37. The molecule has 0 saturated heterocycles. The van der Waals surface area contributed by atoms with Crippen LogP contribution in [0.3, 0.4) is 0 Å². The van der Waals surface area contributed by atoms with Crippen LogP contribution in [0.4, 0.5) is 0 Å². The summed E-state index contributed by atoms with van der Waals surface area (Å²) in [7, 11) is 0. The number of alkyl halides is 1. The molecule has 2 aromatic rings. The largest absolute Gasteiger partial charge is 0.114 e. The minimum atomic E-state index is -0.199. The van der Waals surface area contributed by atoms with E-state index in [-0.39, 0.29) is 4.87 Å². The molecule has 2 atom stereocenters. The van der Waals surface area contributed by atoms with Crippen LogP contribution in [-0.2, 0) is 6.42 Å². The first-order chi connectivity index (χ1) is 20.1. The number of rotatable bonds is 10. The van der Waals surface area contributed by atoms with E-state index in [1.165, 1.54) is 59.1 Å². The van der Waals surface area contributed by atoms with Gasteiger partial charge in [0.2, 0.25) is 0 Å². The molecule has 0 heterocycles. The zero-order valence-electron chi connectivity index (χ0n) is 29.2. The van der Waals surface area contributed by atoms with Crippen molar-refractivity contribution in [1.29, 1.82) is 0 Å². The predicted molar refractivity (Wildman–Crippen MR) is 195 cm³/mol. The maximum Gasteiger partial charge on any atom is 0.0692 e. The molecule has 0 amide bonds. The van der Waals surface area contributed by atoms with Crippen molar-refractivity contribution in [1.82, 2.24) is 0 Å². The fourth-order valence-electron chi connectivity index (χ4n) is 6.12. The van der Waals surface area contributed by atoms with E-state index in [0.29, 0.717) is 11.3 Å². The molecule has 1 aliphatic rings. The van der Waals surface area contributed by atoms with E-state index in [1.54, 1.807) is 0 Å². The second-order valence-corrected chi connectivity index (χ2v) is 12.0. The summed E-state index contributed by atoms with van der Waals surface area (Å²) < 4.78 is 0. The molecule has 0 aliphatic heterocycles. The van der Waals surface area contributed by atoms with E-state index in [0.717, 1.165) is 24.8 Å². The molecule has 234 valence electrons. The maximum atomic E-state index is 6.82. The molecule has 1 aliphatic carbocycles. The Morgan fingerprint density at radius 3 is 1.83 bits per heavy atom. The van der Waals surface area contributed by atoms with Gasteiger partial charge in [0.25, 0.3) is 0 Å². The fourth-order valence-corrected chi connectivity index (χ4v) is 6.47. The summed E-state index contributed by atoms with van der Waals surface area (Å²) in [6, 6.07) is 19.6. The van der Waals surface area contributed by atoms with Crippen molar-refractivity contribution >= 4 is 22.7 Å². The lowest BCUT2D eigenvalue weighted by atomic mass is 9.70. The Hall–Kier alpha value is -2.31. The highest BCUT2D eigenvalue weighted by atomic mass is 35.5. The van der Waals surface area contributed by atoms with Gasteiger partial charge in [-0.1, -0.05) is 159 Å². The van der Waals surface area contributed by atoms with Gasteiger partial charge in [0.1, 0.15) is 0 Å². The van der Waals surface area contributed by atoms with Gasteiger partial charge in [0, 0.05) is 5.92 Å². The van der Waals surface area contributed by atoms with Gasteiger partial charge in [-0.15, -0.1) is 11.6 Å². The molecule has 1 heteroatoms. The van der Waals surface area contributed by atoms with Crippen LogP contribution in [0.2, 0.25) is 0 Å². The minimum Gasteiger partial charge on any atom is -0.114 e. The SMILES string of the molecule is C=C(C)C(CCC)(CCC)Cc1ccccc1.C=C(C)c1ccc(C2=CCC(Cl)(CC)/C(=C\C)C2C)cc1.CC.CC. The second kappa shape index (κ2) is 20.6. The minimum absolute atomic E-state index is 0.199. The molecule has 0 radical (unpaired) electrons. The summed E-state index contributed by atoms with van der Waals surface area (Å²) in [6.45, 7) is 31.6. The van der Waals surface area contributed by atoms with Gasteiger partial charge in [-0.25, -0.2) is 0 Å². The molecule has 3 rings (SSSR count). The third-order valence-corrected chi connectivity index (χ3v) is 9.07. The summed E-state index contributed by atoms with van der Waals surface area (Å²) in [5, 5.41) is 0. The summed E-state index contributed by atoms with van der Waals surface area (Å²) in [5.41, 5.74) is 9.45. The van der Waals surface area contributed by atoms with Gasteiger partial charge >= 0.3 is 0 Å². The highest BCUT2D eigenvalue weighted by molar-refractivity contribution is 6.26. The standard InChI is InChI=1S/C20H25Cl.C17H26.2C2H6/c1-6-19-15(5)18(12-13-20(19,21)7-2)17-10-8-16(9-11-17)14(3)4;1-5-12-17(13-6-2,15(3)4)14-16-10-8-7-9-11-16;2*1-2/h6,8-12,15H,3,7,13H2,1-2,4-5H3;7-11H,3,5-6,12-14H2,1-2,4H3;2*1-2H3/b19-6-;;;. The Morgan fingerprint density at radius 1 is 0.905 bits per heavy atom. The van der Waals surface area contributed by atoms with Crippen molar-refractivity contribution in [3.8, 4) is 0 Å². The molecule has 2 unspecified atom stereocenters. The maximum absolute atomic E-state index is 6.82. The lowest BCUT2D eigenvalue weighted by Crippen LogP contribution is -2.30. The molecule has 0 aromatic heterocycles. The van der Waals surface area contributed by atoms with Gasteiger partial charge in [-0.3, -0.25) is 0 Å². The van der Waals surface area contributed by atoms with Crippen LogP contribution in [0.15, 0.2) is 91.1 Å². The average molecular weight is 591 g/mol. The zero-order chi connectivity index (χ0) is 32.3. The predicted octanol–water partition coefficient (Wildman–Crippen LogP) is 13.9. The summed E-state index contributed by atoms with van der Waals surface area (Å²) in [6.07, 6.45) is 12.5. The van der Waals surface area contributed by atoms with E-state index >= 15 is 0 Å². The number of halogens is 1. The first-order valence-electron chi connectivity index (χ1n) is 16.6. The van der Waals surface area contributed by atoms with Crippen LogP contribution < -0.4 is 0 Å². The van der Waals surface area contributed by atoms with Crippen molar-refractivity contribution in [2.75, 3.05) is 0 Å². The molecule has 0 spiro atoms. The molecule has 0 saturated carbocycles. The van der Waals surface area contributed by atoms with Crippen LogP contribution in [0.1, 0.15) is 131 Å². The Balaban J connectivity index is 0.000000729. The van der Waals surface area contributed by atoms with E-state index in [4.69, 9.17) is 11.6 Å². The van der Waals surface area contributed by atoms with Gasteiger partial charge in [0.05, 0.1) is 4.87 Å². The Bertz CT molecular complexity index is 1090. The zero-order valence-corrected chi connectivity index (χ0v) is 29.9. The third-order valence-electron chi connectivity index (χ3n) is 8.43. The first-order valence-corrected chi connectivity index (χ1v) is 17.0. The van der Waals surface area contributed by atoms with Crippen LogP contribution in [0, 0.1) is 11.3 Å². The van der Waals surface area contributed by atoms with Crippen molar-refractivity contribution < 1.29 is 0 Å². The number of hydrogen-bond donors (Lipinski definition) is 0. The van der Waals surface area contributed by atoms with E-state index < -0.39 is 0 Å². The first kappa shape index (κ1) is 39.7. The molecular formula is C41H63Cl. The molecule has 0 bridgehead atoms. The highest BCUT2D eigenvalue weighted by Gasteiger charge is 2.36. The van der Waals surface area contributed by atoms with Crippen molar-refractivity contribution in [3.05, 3.63) is 108 Å². The molecule has 0 N–H and O–H groups in total. The Labute approximate surface area is 267 Å². The van der Waals surface area contributed by atoms with E-state index in [1.807, 2.05) is 34.6 Å². The summed E-state index contributed by atoms with van der Waals surface area (Å²) >= 11 is 6.82. The van der Waals surface area contributed by atoms with Gasteiger partial charge in [-0.2, -0.15) is 0 Å². The lowest BCUT2D eigenvalue weighted by molar-refractivity contribution is 0.291. The van der Waals surface area contributed by atoms with Gasteiger partial charge in [-0.05, 0) is 86.1 Å². The van der Waals surface area contributed by atoms with Crippen LogP contribution in [-0.4, -0.2) is 4.87 Å². The Morgan fingerprint density at radius 2 is 1.43 bits per heavy atom. The summed E-state index contributed by atoms with van der Waals surface area (Å²) in [5.74, 6) is 0.372. The molecule has 2 aromatic carbocycles. The smallest absolute Gasteiger partial charge is 0.0692 e. The van der Waals surface area contributed by atoms with Crippen molar-refractivity contribution in [2.45, 2.75) is 126 Å². The number of hydrogen-bond acceptors (Lipinski definition) is 0. The van der Waals surface area contributed by atoms with Crippen LogP contribution in [0.25, 0.3) is 11.1 Å². The fraction of sp³-hybridized carbons (Fsp3) is 0.512. The quantitative estimate of drug-likeness (QED) is 0.191. The Kier molecular flexibility index (Phi) is 19.4. The molecule has 0 fully saturated rings. The molecular weight excluding hydrogens is 528 g/mol.